The number of nitrogens with one attached hydrogen (secondary N) is 1. The predicted molar refractivity (Wildman–Crippen MR) is 145 cm³/mol. The number of nitrogens with zero attached hydrogens (tertiary/aromatic N) is 5. The molecule has 1 N–H and O–H groups in total. The maximum Gasteiger partial charge on any atom is 0.426 e. The molecule has 0 amide bonds. The Balaban J connectivity index is 1.85. The van der Waals surface area contributed by atoms with E-state index in [1.54, 1.807) is 18.2 Å². The monoisotopic (exact) mass is 638 g/mol. The Hall–Kier alpha value is -5.06. The molecular formula is C28H24F6N6O5. The average molecular weight is 639 g/mol. The van der Waals surface area contributed by atoms with Crippen LogP contribution in [0.5, 0.6) is 0 Å². The smallest absolute Gasteiger partial charge is 0.426 e. The molecule has 0 saturated heterocycles. The highest BCUT2D eigenvalue weighted by Crippen LogP contribution is 2.47. The fraction of sp³-hybridized carbons (Fsp3) is 0.286. The molecule has 238 valence electrons. The highest BCUT2D eigenvalue weighted by atomic mass is 19.4. The van der Waals surface area contributed by atoms with Crippen molar-refractivity contribution in [1.29, 1.82) is 0 Å². The van der Waals surface area contributed by atoms with Gasteiger partial charge >= 0.3 is 18.0 Å². The van der Waals surface area contributed by atoms with Gasteiger partial charge in [-0.2, -0.15) is 26.3 Å². The van der Waals surface area contributed by atoms with E-state index in [2.05, 4.69) is 38.6 Å². The van der Waals surface area contributed by atoms with E-state index < -0.39 is 76.5 Å². The number of benzene rings is 1. The summed E-state index contributed by atoms with van der Waals surface area (Å²) >= 11 is 0. The maximum atomic E-state index is 14.6. The van der Waals surface area contributed by atoms with Crippen molar-refractivity contribution in [3.8, 4) is 11.6 Å². The van der Waals surface area contributed by atoms with Crippen LogP contribution < -0.4 is 5.32 Å². The minimum absolute atomic E-state index is 0.0262. The highest BCUT2D eigenvalue weighted by Gasteiger charge is 2.61. The topological polar surface area (TPSA) is 142 Å². The van der Waals surface area contributed by atoms with Crippen molar-refractivity contribution in [2.24, 2.45) is 0 Å². The predicted octanol–water partition coefficient (Wildman–Crippen LogP) is 7.72. The molecule has 17 heteroatoms. The number of anilines is 1. The van der Waals surface area contributed by atoms with E-state index in [1.165, 1.54) is 30.7 Å². The summed E-state index contributed by atoms with van der Waals surface area (Å²) in [6, 6.07) is 6.98. The van der Waals surface area contributed by atoms with Gasteiger partial charge in [-0.05, 0) is 18.4 Å². The SMILES string of the molecule is C=CCCC(Nc1nc(-c2nnc([C@@](CC=C)(OCc3ccccc3)C(F)(F)F)o2)c([N+](=O)[O-])cc1C(F)(F)F)c1ncco1. The minimum Gasteiger partial charge on any atom is -0.447 e. The van der Waals surface area contributed by atoms with Gasteiger partial charge in [0.2, 0.25) is 17.2 Å². The molecule has 0 aliphatic rings. The summed E-state index contributed by atoms with van der Waals surface area (Å²) < 4.78 is 102. The van der Waals surface area contributed by atoms with Gasteiger partial charge in [0.1, 0.15) is 23.7 Å². The van der Waals surface area contributed by atoms with Gasteiger partial charge < -0.3 is 18.9 Å². The molecule has 11 nitrogen and oxygen atoms in total. The zero-order valence-electron chi connectivity index (χ0n) is 23.1. The molecule has 0 fully saturated rings. The average Bonchev–Trinajstić information content (AvgIpc) is 3.70. The second-order valence-electron chi connectivity index (χ2n) is 9.44. The molecule has 4 aromatic rings. The standard InChI is InChI=1S/C28H24F6N6O5/c1-3-5-11-19(23-35-13-14-43-23)36-22-18(27(29,30)31)15-20(40(41)42)21(37-22)24-38-39-25(45-24)26(12-4-2,28(32,33)34)44-16-17-9-7-6-8-10-17/h3-4,6-10,13-15,19H,1-2,5,11-12,16H2,(H,36,37)/t19?,26-/m1/s1. The van der Waals surface area contributed by atoms with Crippen molar-refractivity contribution in [2.75, 3.05) is 5.32 Å². The minimum atomic E-state index is -5.18. The van der Waals surface area contributed by atoms with Crippen LogP contribution in [0, 0.1) is 10.1 Å². The molecule has 2 atom stereocenters. The Bertz CT molecular complexity index is 1630. The first-order valence-corrected chi connectivity index (χ1v) is 13.0. The molecule has 0 spiro atoms. The number of pyridine rings is 1. The Morgan fingerprint density at radius 2 is 1.82 bits per heavy atom. The molecular weight excluding hydrogens is 614 g/mol. The first kappa shape index (κ1) is 32.8. The van der Waals surface area contributed by atoms with Gasteiger partial charge in [-0.1, -0.05) is 42.5 Å². The second-order valence-corrected chi connectivity index (χ2v) is 9.44. The largest absolute Gasteiger partial charge is 0.447 e. The molecule has 45 heavy (non-hydrogen) atoms. The van der Waals surface area contributed by atoms with Gasteiger partial charge in [-0.25, -0.2) is 9.97 Å². The van der Waals surface area contributed by atoms with Gasteiger partial charge in [0, 0.05) is 12.5 Å². The summed E-state index contributed by atoms with van der Waals surface area (Å²) in [5, 5.41) is 21.4. The normalized spacial score (nSPS) is 14.0. The van der Waals surface area contributed by atoms with Crippen LogP contribution in [0.15, 0.2) is 83.0 Å². The van der Waals surface area contributed by atoms with Crippen molar-refractivity contribution in [3.63, 3.8) is 0 Å². The zero-order valence-corrected chi connectivity index (χ0v) is 23.1. The van der Waals surface area contributed by atoms with Gasteiger partial charge in [-0.3, -0.25) is 10.1 Å². The van der Waals surface area contributed by atoms with Gasteiger partial charge in [-0.15, -0.1) is 23.4 Å². The molecule has 0 aliphatic heterocycles. The number of aromatic nitrogens is 4. The van der Waals surface area contributed by atoms with E-state index in [9.17, 15) is 36.5 Å². The Kier molecular flexibility index (Phi) is 9.70. The fourth-order valence-electron chi connectivity index (χ4n) is 4.23. The van der Waals surface area contributed by atoms with Crippen LogP contribution in [0.4, 0.5) is 37.8 Å². The van der Waals surface area contributed by atoms with E-state index >= 15 is 0 Å². The number of rotatable bonds is 14. The number of ether oxygens (including phenoxy) is 1. The van der Waals surface area contributed by atoms with E-state index in [-0.39, 0.29) is 18.4 Å². The second kappa shape index (κ2) is 13.3. The summed E-state index contributed by atoms with van der Waals surface area (Å²) in [6.45, 7) is 6.36. The molecule has 3 aromatic heterocycles. The van der Waals surface area contributed by atoms with E-state index in [0.29, 0.717) is 12.0 Å². The molecule has 0 bridgehead atoms. The lowest BCUT2D eigenvalue weighted by Gasteiger charge is -2.31. The number of alkyl halides is 6. The molecule has 1 unspecified atom stereocenters. The first-order chi connectivity index (χ1) is 21.3. The van der Waals surface area contributed by atoms with Crippen LogP contribution in [-0.4, -0.2) is 31.3 Å². The zero-order chi connectivity index (χ0) is 32.8. The molecule has 0 radical (unpaired) electrons. The molecule has 3 heterocycles. The molecule has 0 saturated carbocycles. The number of allylic oxidation sites excluding steroid dienone is 1. The maximum absolute atomic E-state index is 14.6. The fourth-order valence-corrected chi connectivity index (χ4v) is 4.23. The number of hydrogen-bond acceptors (Lipinski definition) is 10. The third kappa shape index (κ3) is 7.19. The number of halogens is 6. The van der Waals surface area contributed by atoms with Crippen LogP contribution in [-0.2, 0) is 23.1 Å². The number of hydrogen-bond donors (Lipinski definition) is 1. The summed E-state index contributed by atoms with van der Waals surface area (Å²) in [7, 11) is 0. The van der Waals surface area contributed by atoms with Crippen LogP contribution in [0.1, 0.15) is 48.2 Å². The van der Waals surface area contributed by atoms with Crippen molar-refractivity contribution >= 4 is 11.5 Å². The molecule has 1 aromatic carbocycles. The number of nitro groups is 1. The summed E-state index contributed by atoms with van der Waals surface area (Å²) in [6.07, 6.45) is -6.00. The summed E-state index contributed by atoms with van der Waals surface area (Å²) in [4.78, 5) is 18.4. The van der Waals surface area contributed by atoms with Gasteiger partial charge in [0.15, 0.2) is 0 Å². The third-order valence-corrected chi connectivity index (χ3v) is 6.42. The third-order valence-electron chi connectivity index (χ3n) is 6.42. The Labute approximate surface area is 250 Å². The van der Waals surface area contributed by atoms with Crippen LogP contribution in [0.2, 0.25) is 0 Å². The molecule has 0 aliphatic carbocycles. The van der Waals surface area contributed by atoms with Crippen LogP contribution >= 0.6 is 0 Å². The van der Waals surface area contributed by atoms with Crippen molar-refractivity contribution < 1.29 is 44.8 Å². The highest BCUT2D eigenvalue weighted by molar-refractivity contribution is 5.68. The van der Waals surface area contributed by atoms with Gasteiger partial charge in [0.25, 0.3) is 11.8 Å². The lowest BCUT2D eigenvalue weighted by molar-refractivity contribution is -0.384. The Morgan fingerprint density at radius 3 is 2.40 bits per heavy atom. The Morgan fingerprint density at radius 1 is 1.09 bits per heavy atom. The number of oxazole rings is 1. The van der Waals surface area contributed by atoms with Gasteiger partial charge in [0.05, 0.1) is 17.7 Å². The molecule has 4 rings (SSSR count). The summed E-state index contributed by atoms with van der Waals surface area (Å²) in [5.74, 6) is -3.09. The van der Waals surface area contributed by atoms with Crippen molar-refractivity contribution in [1.82, 2.24) is 20.2 Å². The quantitative estimate of drug-likeness (QED) is 0.0631. The van der Waals surface area contributed by atoms with E-state index in [0.717, 1.165) is 6.08 Å². The first-order valence-electron chi connectivity index (χ1n) is 13.0. The van der Waals surface area contributed by atoms with Crippen molar-refractivity contribution in [2.45, 2.75) is 49.9 Å². The van der Waals surface area contributed by atoms with E-state index in [1.807, 2.05) is 0 Å². The lowest BCUT2D eigenvalue weighted by Crippen LogP contribution is -2.45. The van der Waals surface area contributed by atoms with E-state index in [4.69, 9.17) is 13.6 Å². The van der Waals surface area contributed by atoms with Crippen molar-refractivity contribution in [3.05, 3.63) is 107 Å². The lowest BCUT2D eigenvalue weighted by atomic mass is 9.98. The van der Waals surface area contributed by atoms with Crippen LogP contribution in [0.25, 0.3) is 11.6 Å². The van der Waals surface area contributed by atoms with Crippen LogP contribution in [0.3, 0.4) is 0 Å². The summed E-state index contributed by atoms with van der Waals surface area (Å²) in [5.41, 5.74) is -6.63.